The first-order valence-corrected chi connectivity index (χ1v) is 10.3. The van der Waals surface area contributed by atoms with Crippen LogP contribution in [0.2, 0.25) is 0 Å². The summed E-state index contributed by atoms with van der Waals surface area (Å²) in [5.74, 6) is -0.302. The number of nitrogens with two attached hydrogens (primary N) is 1. The molecule has 1 aliphatic carbocycles. The Morgan fingerprint density at radius 2 is 2.03 bits per heavy atom. The summed E-state index contributed by atoms with van der Waals surface area (Å²) >= 11 is 3.60. The van der Waals surface area contributed by atoms with E-state index in [4.69, 9.17) is 10.7 Å². The smallest absolute Gasteiger partial charge is 0.306 e. The molecule has 9 heteroatoms. The summed E-state index contributed by atoms with van der Waals surface area (Å²) in [5, 5.41) is 21.8. The fourth-order valence-electron chi connectivity index (χ4n) is 4.21. The Morgan fingerprint density at radius 1 is 1.24 bits per heavy atom. The molecular weight excluding hydrogens is 436 g/mol. The molecule has 8 nitrogen and oxygen atoms in total. The molecule has 0 aliphatic heterocycles. The standard InChI is InChI=1S/C20H19BrN6O2/c21-16-17(10-1-3-11(4-2-10)20(28)29)25-19-14(9-24-27(19)18(16)22)12-5-6-15-13(7-12)8-23-26-15/h5-11H,1-4,22H2,(H,23,26)(H,28,29)/t10-,11-. The number of rotatable bonds is 3. The minimum Gasteiger partial charge on any atom is -0.481 e. The van der Waals surface area contributed by atoms with Crippen molar-refractivity contribution < 1.29 is 9.90 Å². The molecule has 4 aromatic rings. The van der Waals surface area contributed by atoms with E-state index >= 15 is 0 Å². The molecule has 0 saturated heterocycles. The number of fused-ring (bicyclic) bond motifs is 2. The number of aromatic nitrogens is 5. The van der Waals surface area contributed by atoms with Crippen molar-refractivity contribution in [1.29, 1.82) is 0 Å². The Hall–Kier alpha value is -2.94. The van der Waals surface area contributed by atoms with Crippen molar-refractivity contribution in [3.05, 3.63) is 40.8 Å². The lowest BCUT2D eigenvalue weighted by molar-refractivity contribution is -0.142. The van der Waals surface area contributed by atoms with Crippen molar-refractivity contribution in [2.45, 2.75) is 31.6 Å². The first-order valence-electron chi connectivity index (χ1n) is 9.52. The molecule has 1 fully saturated rings. The van der Waals surface area contributed by atoms with Crippen LogP contribution in [-0.4, -0.2) is 35.9 Å². The molecule has 0 radical (unpaired) electrons. The molecule has 0 atom stereocenters. The van der Waals surface area contributed by atoms with Gasteiger partial charge in [0.1, 0.15) is 5.82 Å². The maximum atomic E-state index is 11.3. The second-order valence-corrected chi connectivity index (χ2v) is 8.34. The first-order chi connectivity index (χ1) is 14.0. The number of halogens is 1. The van der Waals surface area contributed by atoms with Gasteiger partial charge in [0.15, 0.2) is 5.65 Å². The Morgan fingerprint density at radius 3 is 2.79 bits per heavy atom. The van der Waals surface area contributed by atoms with E-state index in [0.29, 0.717) is 24.3 Å². The van der Waals surface area contributed by atoms with E-state index in [0.717, 1.165) is 45.0 Å². The number of nitrogens with one attached hydrogen (secondary N) is 1. The van der Waals surface area contributed by atoms with Crippen molar-refractivity contribution in [3.8, 4) is 11.1 Å². The number of H-pyrrole nitrogens is 1. The normalized spacial score (nSPS) is 19.8. The number of anilines is 1. The average Bonchev–Trinajstić information content (AvgIpc) is 3.37. The second kappa shape index (κ2) is 6.84. The van der Waals surface area contributed by atoms with Gasteiger partial charge in [0.05, 0.1) is 34.0 Å². The monoisotopic (exact) mass is 454 g/mol. The van der Waals surface area contributed by atoms with Gasteiger partial charge in [-0.1, -0.05) is 6.07 Å². The van der Waals surface area contributed by atoms with E-state index in [1.807, 2.05) is 18.2 Å². The molecule has 1 aromatic carbocycles. The Balaban J connectivity index is 1.59. The van der Waals surface area contributed by atoms with Crippen LogP contribution in [0.1, 0.15) is 37.3 Å². The van der Waals surface area contributed by atoms with E-state index in [9.17, 15) is 9.90 Å². The van der Waals surface area contributed by atoms with Gasteiger partial charge in [-0.15, -0.1) is 0 Å². The number of hydrogen-bond acceptors (Lipinski definition) is 5. The first kappa shape index (κ1) is 18.1. The van der Waals surface area contributed by atoms with Gasteiger partial charge in [-0.2, -0.15) is 14.7 Å². The van der Waals surface area contributed by atoms with Crippen LogP contribution < -0.4 is 5.73 Å². The highest BCUT2D eigenvalue weighted by molar-refractivity contribution is 9.10. The third-order valence-electron chi connectivity index (χ3n) is 5.86. The fraction of sp³-hybridized carbons (Fsp3) is 0.300. The molecule has 1 saturated carbocycles. The number of aromatic amines is 1. The van der Waals surface area contributed by atoms with Gasteiger partial charge in [0.25, 0.3) is 0 Å². The van der Waals surface area contributed by atoms with E-state index in [-0.39, 0.29) is 11.8 Å². The molecule has 0 unspecified atom stereocenters. The molecule has 3 aromatic heterocycles. The third kappa shape index (κ3) is 2.96. The number of nitrogens with zero attached hydrogens (tertiary/aromatic N) is 4. The van der Waals surface area contributed by atoms with Crippen LogP contribution in [0.5, 0.6) is 0 Å². The number of carbonyl (C=O) groups is 1. The van der Waals surface area contributed by atoms with Gasteiger partial charge in [-0.3, -0.25) is 9.89 Å². The molecule has 5 rings (SSSR count). The lowest BCUT2D eigenvalue weighted by Crippen LogP contribution is -2.21. The number of benzene rings is 1. The van der Waals surface area contributed by atoms with E-state index in [2.05, 4.69) is 31.2 Å². The lowest BCUT2D eigenvalue weighted by atomic mass is 9.80. The van der Waals surface area contributed by atoms with Crippen LogP contribution in [-0.2, 0) is 4.79 Å². The van der Waals surface area contributed by atoms with Crippen LogP contribution in [0, 0.1) is 5.92 Å². The fourth-order valence-corrected chi connectivity index (χ4v) is 4.79. The molecule has 0 spiro atoms. The summed E-state index contributed by atoms with van der Waals surface area (Å²) in [6.07, 6.45) is 6.43. The number of hydrogen-bond donors (Lipinski definition) is 3. The zero-order valence-electron chi connectivity index (χ0n) is 15.5. The number of carboxylic acid groups (broad SMARTS) is 1. The topological polar surface area (TPSA) is 122 Å². The highest BCUT2D eigenvalue weighted by Crippen LogP contribution is 2.40. The van der Waals surface area contributed by atoms with Crippen molar-refractivity contribution in [2.24, 2.45) is 5.92 Å². The molecule has 1 aliphatic rings. The quantitative estimate of drug-likeness (QED) is 0.430. The summed E-state index contributed by atoms with van der Waals surface area (Å²) in [4.78, 5) is 16.2. The maximum Gasteiger partial charge on any atom is 0.306 e. The Kier molecular flexibility index (Phi) is 4.27. The molecule has 0 bridgehead atoms. The minimum atomic E-state index is -0.710. The van der Waals surface area contributed by atoms with Gasteiger partial charge in [-0.25, -0.2) is 4.98 Å². The zero-order valence-corrected chi connectivity index (χ0v) is 17.1. The predicted octanol–water partition coefficient (Wildman–Crippen LogP) is 3.98. The van der Waals surface area contributed by atoms with E-state index in [1.54, 1.807) is 16.9 Å². The molecule has 0 amide bonds. The van der Waals surface area contributed by atoms with Crippen LogP contribution in [0.4, 0.5) is 5.82 Å². The van der Waals surface area contributed by atoms with Crippen LogP contribution in [0.15, 0.2) is 35.1 Å². The predicted molar refractivity (Wildman–Crippen MR) is 113 cm³/mol. The molecule has 148 valence electrons. The van der Waals surface area contributed by atoms with Crippen LogP contribution >= 0.6 is 15.9 Å². The maximum absolute atomic E-state index is 11.3. The number of nitrogen functional groups attached to an aromatic ring is 1. The second-order valence-electron chi connectivity index (χ2n) is 7.55. The van der Waals surface area contributed by atoms with Gasteiger partial charge < -0.3 is 10.8 Å². The average molecular weight is 455 g/mol. The largest absolute Gasteiger partial charge is 0.481 e. The van der Waals surface area contributed by atoms with Crippen LogP contribution in [0.3, 0.4) is 0 Å². The molecule has 4 N–H and O–H groups in total. The molecule has 29 heavy (non-hydrogen) atoms. The Labute approximate surface area is 174 Å². The number of carboxylic acids is 1. The minimum absolute atomic E-state index is 0.173. The van der Waals surface area contributed by atoms with Gasteiger partial charge >= 0.3 is 5.97 Å². The number of aliphatic carboxylic acids is 1. The summed E-state index contributed by atoms with van der Waals surface area (Å²) < 4.78 is 2.38. The van der Waals surface area contributed by atoms with Crippen molar-refractivity contribution in [1.82, 2.24) is 24.8 Å². The van der Waals surface area contributed by atoms with Gasteiger partial charge in [-0.05, 0) is 59.3 Å². The van der Waals surface area contributed by atoms with Crippen LogP contribution in [0.25, 0.3) is 27.7 Å². The summed E-state index contributed by atoms with van der Waals surface area (Å²) in [6, 6.07) is 6.04. The van der Waals surface area contributed by atoms with E-state index < -0.39 is 5.97 Å². The highest BCUT2D eigenvalue weighted by atomic mass is 79.9. The lowest BCUT2D eigenvalue weighted by Gasteiger charge is -2.26. The SMILES string of the molecule is Nc1c(Br)c([C@H]2CC[C@H](C(=O)O)CC2)nc2c(-c3ccc4[nH]ncc4c3)cnn12. The van der Waals surface area contributed by atoms with Crippen molar-refractivity contribution >= 4 is 44.3 Å². The van der Waals surface area contributed by atoms with E-state index in [1.165, 1.54) is 0 Å². The molecular formula is C20H19BrN6O2. The third-order valence-corrected chi connectivity index (χ3v) is 6.67. The Bertz CT molecular complexity index is 1240. The highest BCUT2D eigenvalue weighted by Gasteiger charge is 2.30. The molecule has 3 heterocycles. The van der Waals surface area contributed by atoms with Gasteiger partial charge in [0, 0.05) is 16.9 Å². The van der Waals surface area contributed by atoms with Crippen molar-refractivity contribution in [3.63, 3.8) is 0 Å². The summed E-state index contributed by atoms with van der Waals surface area (Å²) in [7, 11) is 0. The van der Waals surface area contributed by atoms with Crippen molar-refractivity contribution in [2.75, 3.05) is 5.73 Å². The zero-order chi connectivity index (χ0) is 20.1. The summed E-state index contributed by atoms with van der Waals surface area (Å²) in [6.45, 7) is 0. The summed E-state index contributed by atoms with van der Waals surface area (Å²) in [5.41, 5.74) is 10.8. The van der Waals surface area contributed by atoms with Gasteiger partial charge in [0.2, 0.25) is 0 Å².